The minimum absolute atomic E-state index is 0.187. The average Bonchev–Trinajstić information content (AvgIpc) is 2.30. The number of hydrogen-bond donors (Lipinski definition) is 1. The highest BCUT2D eigenvalue weighted by Crippen LogP contribution is 2.27. The number of amidine groups is 2. The molecular formula is C11H11N3O. The van der Waals surface area contributed by atoms with Crippen molar-refractivity contribution in [3.63, 3.8) is 0 Å². The van der Waals surface area contributed by atoms with Crippen molar-refractivity contribution in [2.75, 3.05) is 13.1 Å². The second-order valence-electron chi connectivity index (χ2n) is 3.61. The summed E-state index contributed by atoms with van der Waals surface area (Å²) in [4.78, 5) is 6.29. The molecule has 0 atom stereocenters. The van der Waals surface area contributed by atoms with Crippen LogP contribution in [0.15, 0.2) is 29.3 Å². The minimum Gasteiger partial charge on any atom is -0.425 e. The zero-order valence-electron chi connectivity index (χ0n) is 8.23. The first kappa shape index (κ1) is 8.47. The Hall–Kier alpha value is -1.84. The van der Waals surface area contributed by atoms with Crippen LogP contribution in [0.2, 0.25) is 0 Å². The third-order valence-corrected chi connectivity index (χ3v) is 2.64. The van der Waals surface area contributed by atoms with Crippen molar-refractivity contribution >= 4 is 11.9 Å². The van der Waals surface area contributed by atoms with Crippen LogP contribution in [-0.2, 0) is 0 Å². The van der Waals surface area contributed by atoms with Gasteiger partial charge in [-0.2, -0.15) is 0 Å². The van der Waals surface area contributed by atoms with Gasteiger partial charge in [-0.1, -0.05) is 12.1 Å². The van der Waals surface area contributed by atoms with Gasteiger partial charge in [-0.15, -0.1) is 0 Å². The SMILES string of the molecule is N=C1Oc2ccccc2C2=NCCCN12. The lowest BCUT2D eigenvalue weighted by Gasteiger charge is -2.33. The fourth-order valence-corrected chi connectivity index (χ4v) is 1.93. The molecule has 0 amide bonds. The van der Waals surface area contributed by atoms with E-state index in [9.17, 15) is 0 Å². The Labute approximate surface area is 87.7 Å². The number of rotatable bonds is 0. The van der Waals surface area contributed by atoms with Gasteiger partial charge in [0.2, 0.25) is 0 Å². The lowest BCUT2D eigenvalue weighted by Crippen LogP contribution is -2.46. The van der Waals surface area contributed by atoms with Gasteiger partial charge in [0.1, 0.15) is 11.6 Å². The Bertz CT molecular complexity index is 453. The van der Waals surface area contributed by atoms with E-state index in [1.54, 1.807) is 0 Å². The molecule has 15 heavy (non-hydrogen) atoms. The molecule has 0 saturated heterocycles. The third-order valence-electron chi connectivity index (χ3n) is 2.64. The van der Waals surface area contributed by atoms with Crippen LogP contribution in [0.5, 0.6) is 5.75 Å². The molecule has 2 heterocycles. The molecule has 0 saturated carbocycles. The summed E-state index contributed by atoms with van der Waals surface area (Å²) in [6.07, 6.45) is 0.984. The fraction of sp³-hybridized carbons (Fsp3) is 0.273. The van der Waals surface area contributed by atoms with Crippen LogP contribution >= 0.6 is 0 Å². The maximum Gasteiger partial charge on any atom is 0.295 e. The zero-order chi connectivity index (χ0) is 10.3. The molecule has 2 aliphatic rings. The first-order valence-corrected chi connectivity index (χ1v) is 5.04. The lowest BCUT2D eigenvalue weighted by atomic mass is 10.1. The van der Waals surface area contributed by atoms with Gasteiger partial charge in [0.05, 0.1) is 5.56 Å². The molecule has 76 valence electrons. The molecular weight excluding hydrogens is 190 g/mol. The molecule has 0 radical (unpaired) electrons. The molecule has 4 heteroatoms. The standard InChI is InChI=1S/C11H11N3O/c12-11-14-7-3-6-13-10(14)8-4-1-2-5-9(8)15-11/h1-2,4-5,12H,3,6-7H2. The monoisotopic (exact) mass is 201 g/mol. The number of aliphatic imine (C=N–C) groups is 1. The van der Waals surface area contributed by atoms with Crippen LogP contribution in [0, 0.1) is 5.41 Å². The van der Waals surface area contributed by atoms with Crippen LogP contribution in [0.1, 0.15) is 12.0 Å². The van der Waals surface area contributed by atoms with E-state index in [0.717, 1.165) is 36.7 Å². The number of para-hydroxylation sites is 1. The number of benzene rings is 1. The average molecular weight is 201 g/mol. The summed E-state index contributed by atoms with van der Waals surface area (Å²) in [6.45, 7) is 1.67. The number of nitrogens with zero attached hydrogens (tertiary/aromatic N) is 2. The van der Waals surface area contributed by atoms with Crippen molar-refractivity contribution < 1.29 is 4.74 Å². The highest BCUT2D eigenvalue weighted by molar-refractivity contribution is 6.11. The van der Waals surface area contributed by atoms with Gasteiger partial charge in [-0.05, 0) is 18.6 Å². The Kier molecular flexibility index (Phi) is 1.74. The largest absolute Gasteiger partial charge is 0.425 e. The lowest BCUT2D eigenvalue weighted by molar-refractivity contribution is 0.399. The second-order valence-corrected chi connectivity index (χ2v) is 3.61. The maximum atomic E-state index is 7.77. The van der Waals surface area contributed by atoms with Crippen molar-refractivity contribution in [1.29, 1.82) is 5.41 Å². The molecule has 0 aliphatic carbocycles. The Morgan fingerprint density at radius 2 is 2.20 bits per heavy atom. The van der Waals surface area contributed by atoms with Gasteiger partial charge >= 0.3 is 0 Å². The van der Waals surface area contributed by atoms with E-state index in [4.69, 9.17) is 10.1 Å². The molecule has 0 fully saturated rings. The zero-order valence-corrected chi connectivity index (χ0v) is 8.23. The predicted octanol–water partition coefficient (Wildman–Crippen LogP) is 1.47. The Morgan fingerprint density at radius 1 is 1.33 bits per heavy atom. The highest BCUT2D eigenvalue weighted by Gasteiger charge is 2.29. The molecule has 0 spiro atoms. The molecule has 0 bridgehead atoms. The van der Waals surface area contributed by atoms with Gasteiger partial charge in [0, 0.05) is 13.1 Å². The summed E-state index contributed by atoms with van der Waals surface area (Å²) in [7, 11) is 0. The van der Waals surface area contributed by atoms with Crippen molar-refractivity contribution in [2.45, 2.75) is 6.42 Å². The molecule has 0 unspecified atom stereocenters. The summed E-state index contributed by atoms with van der Waals surface area (Å²) >= 11 is 0. The van der Waals surface area contributed by atoms with E-state index in [1.165, 1.54) is 0 Å². The van der Waals surface area contributed by atoms with Crippen molar-refractivity contribution in [2.24, 2.45) is 4.99 Å². The van der Waals surface area contributed by atoms with Crippen LogP contribution in [-0.4, -0.2) is 29.8 Å². The van der Waals surface area contributed by atoms with Crippen molar-refractivity contribution in [1.82, 2.24) is 4.90 Å². The van der Waals surface area contributed by atoms with Crippen molar-refractivity contribution in [3.8, 4) is 5.75 Å². The van der Waals surface area contributed by atoms with Gasteiger partial charge in [0.25, 0.3) is 6.02 Å². The van der Waals surface area contributed by atoms with E-state index in [1.807, 2.05) is 29.2 Å². The topological polar surface area (TPSA) is 48.7 Å². The molecule has 2 aliphatic heterocycles. The molecule has 1 aromatic rings. The molecule has 4 nitrogen and oxygen atoms in total. The number of hydrogen-bond acceptors (Lipinski definition) is 3. The summed E-state index contributed by atoms with van der Waals surface area (Å²) in [5.74, 6) is 1.62. The summed E-state index contributed by atoms with van der Waals surface area (Å²) in [5, 5.41) is 7.77. The smallest absolute Gasteiger partial charge is 0.295 e. The third kappa shape index (κ3) is 1.21. The maximum absolute atomic E-state index is 7.77. The summed E-state index contributed by atoms with van der Waals surface area (Å²) in [5.41, 5.74) is 0.994. The van der Waals surface area contributed by atoms with E-state index >= 15 is 0 Å². The van der Waals surface area contributed by atoms with E-state index < -0.39 is 0 Å². The quantitative estimate of drug-likeness (QED) is 0.691. The van der Waals surface area contributed by atoms with Crippen LogP contribution in [0.4, 0.5) is 0 Å². The summed E-state index contributed by atoms with van der Waals surface area (Å²) in [6, 6.07) is 7.92. The van der Waals surface area contributed by atoms with Gasteiger partial charge in [-0.3, -0.25) is 15.3 Å². The number of nitrogens with one attached hydrogen (secondary N) is 1. The Balaban J connectivity index is 2.17. The van der Waals surface area contributed by atoms with E-state index in [2.05, 4.69) is 4.99 Å². The van der Waals surface area contributed by atoms with E-state index in [0.29, 0.717) is 0 Å². The fourth-order valence-electron chi connectivity index (χ4n) is 1.93. The minimum atomic E-state index is 0.187. The van der Waals surface area contributed by atoms with Gasteiger partial charge in [-0.25, -0.2) is 0 Å². The first-order valence-electron chi connectivity index (χ1n) is 5.04. The second kappa shape index (κ2) is 3.08. The molecule has 0 aromatic heterocycles. The Morgan fingerprint density at radius 3 is 3.13 bits per heavy atom. The van der Waals surface area contributed by atoms with Gasteiger partial charge in [0.15, 0.2) is 0 Å². The normalized spacial score (nSPS) is 18.8. The van der Waals surface area contributed by atoms with E-state index in [-0.39, 0.29) is 6.02 Å². The first-order chi connectivity index (χ1) is 7.36. The van der Waals surface area contributed by atoms with Crippen LogP contribution in [0.25, 0.3) is 0 Å². The summed E-state index contributed by atoms with van der Waals surface area (Å²) < 4.78 is 5.43. The number of fused-ring (bicyclic) bond motifs is 3. The predicted molar refractivity (Wildman–Crippen MR) is 57.5 cm³/mol. The number of ether oxygens (including phenoxy) is 1. The molecule has 1 N–H and O–H groups in total. The van der Waals surface area contributed by atoms with Crippen molar-refractivity contribution in [3.05, 3.63) is 29.8 Å². The van der Waals surface area contributed by atoms with Crippen LogP contribution in [0.3, 0.4) is 0 Å². The molecule has 1 aromatic carbocycles. The van der Waals surface area contributed by atoms with Crippen LogP contribution < -0.4 is 4.74 Å². The highest BCUT2D eigenvalue weighted by atomic mass is 16.5. The van der Waals surface area contributed by atoms with Gasteiger partial charge < -0.3 is 4.74 Å². The molecule has 3 rings (SSSR count).